The molecule has 2 amide bonds. The molecule has 0 saturated carbocycles. The van der Waals surface area contributed by atoms with Crippen LogP contribution in [0.15, 0.2) is 47.4 Å². The maximum atomic E-state index is 12.7. The van der Waals surface area contributed by atoms with Gasteiger partial charge in [-0.05, 0) is 42.7 Å². The summed E-state index contributed by atoms with van der Waals surface area (Å²) in [6.07, 6.45) is 2.09. The van der Waals surface area contributed by atoms with E-state index in [4.69, 9.17) is 16.3 Å². The number of nitrogens with zero attached hydrogens (tertiary/aromatic N) is 1. The minimum Gasteiger partial charge on any atom is -0.495 e. The van der Waals surface area contributed by atoms with Crippen LogP contribution in [-0.2, 0) is 9.59 Å². The van der Waals surface area contributed by atoms with E-state index in [0.29, 0.717) is 16.5 Å². The number of nitrogens with one attached hydrogen (secondary N) is 1. The standard InChI is InChI=1S/C18H17ClN2O3S/c1-24-16-7-6-12(9-14(16)19)21-17(22)10-15(18(21)23)20-11-4-3-5-13(8-11)25-2/h3-9,15,20H,10H2,1-2H3/t15-/m0/s1. The minimum absolute atomic E-state index is 0.103. The first-order chi connectivity index (χ1) is 12.0. The number of thioether (sulfide) groups is 1. The van der Waals surface area contributed by atoms with E-state index in [0.717, 1.165) is 10.6 Å². The van der Waals surface area contributed by atoms with Crippen molar-refractivity contribution in [2.45, 2.75) is 17.4 Å². The molecule has 1 aliphatic rings. The molecule has 1 aliphatic heterocycles. The summed E-state index contributed by atoms with van der Waals surface area (Å²) in [5, 5.41) is 3.50. The second-order valence-electron chi connectivity index (χ2n) is 5.52. The van der Waals surface area contributed by atoms with Crippen LogP contribution in [0.5, 0.6) is 5.75 Å². The molecule has 0 aromatic heterocycles. The first-order valence-electron chi connectivity index (χ1n) is 7.64. The van der Waals surface area contributed by atoms with Gasteiger partial charge in [-0.3, -0.25) is 9.59 Å². The summed E-state index contributed by atoms with van der Waals surface area (Å²) >= 11 is 7.73. The van der Waals surface area contributed by atoms with Crippen molar-refractivity contribution in [3.63, 3.8) is 0 Å². The molecule has 0 unspecified atom stereocenters. The first-order valence-corrected chi connectivity index (χ1v) is 9.24. The quantitative estimate of drug-likeness (QED) is 0.635. The zero-order chi connectivity index (χ0) is 18.0. The molecule has 3 rings (SSSR count). The summed E-state index contributed by atoms with van der Waals surface area (Å²) in [4.78, 5) is 27.3. The molecule has 1 saturated heterocycles. The van der Waals surface area contributed by atoms with Gasteiger partial charge in [-0.1, -0.05) is 17.7 Å². The average molecular weight is 377 g/mol. The molecule has 0 aliphatic carbocycles. The zero-order valence-electron chi connectivity index (χ0n) is 13.8. The van der Waals surface area contributed by atoms with E-state index in [9.17, 15) is 9.59 Å². The Morgan fingerprint density at radius 1 is 1.24 bits per heavy atom. The molecule has 5 nitrogen and oxygen atoms in total. The van der Waals surface area contributed by atoms with Crippen molar-refractivity contribution in [2.24, 2.45) is 0 Å². The van der Waals surface area contributed by atoms with Gasteiger partial charge in [0.1, 0.15) is 11.8 Å². The van der Waals surface area contributed by atoms with Gasteiger partial charge in [0.2, 0.25) is 5.91 Å². The molecule has 7 heteroatoms. The highest BCUT2D eigenvalue weighted by Gasteiger charge is 2.39. The van der Waals surface area contributed by atoms with Crippen LogP contribution in [0.3, 0.4) is 0 Å². The monoisotopic (exact) mass is 376 g/mol. The van der Waals surface area contributed by atoms with Crippen molar-refractivity contribution in [3.05, 3.63) is 47.5 Å². The summed E-state index contributed by atoms with van der Waals surface area (Å²) in [7, 11) is 1.51. The van der Waals surface area contributed by atoms with Crippen molar-refractivity contribution in [2.75, 3.05) is 23.6 Å². The number of ether oxygens (including phenoxy) is 1. The third-order valence-corrected chi connectivity index (χ3v) is 4.97. The summed E-state index contributed by atoms with van der Waals surface area (Å²) in [6.45, 7) is 0. The number of rotatable bonds is 5. The van der Waals surface area contributed by atoms with Gasteiger partial charge < -0.3 is 10.1 Å². The third-order valence-electron chi connectivity index (χ3n) is 3.95. The fourth-order valence-corrected chi connectivity index (χ4v) is 3.44. The van der Waals surface area contributed by atoms with E-state index >= 15 is 0 Å². The van der Waals surface area contributed by atoms with Crippen LogP contribution >= 0.6 is 23.4 Å². The van der Waals surface area contributed by atoms with Crippen molar-refractivity contribution < 1.29 is 14.3 Å². The van der Waals surface area contributed by atoms with Crippen LogP contribution in [0.2, 0.25) is 5.02 Å². The van der Waals surface area contributed by atoms with Gasteiger partial charge in [-0.15, -0.1) is 11.8 Å². The Labute approximate surface area is 155 Å². The molecule has 0 radical (unpaired) electrons. The number of imide groups is 1. The zero-order valence-corrected chi connectivity index (χ0v) is 15.4. The normalized spacial score (nSPS) is 17.1. The fourth-order valence-electron chi connectivity index (χ4n) is 2.72. The summed E-state index contributed by atoms with van der Waals surface area (Å²) in [5.74, 6) is -0.0568. The number of benzene rings is 2. The molecule has 1 N–H and O–H groups in total. The second kappa shape index (κ2) is 7.37. The van der Waals surface area contributed by atoms with Gasteiger partial charge in [0.25, 0.3) is 5.91 Å². The second-order valence-corrected chi connectivity index (χ2v) is 6.81. The van der Waals surface area contributed by atoms with Gasteiger partial charge >= 0.3 is 0 Å². The van der Waals surface area contributed by atoms with E-state index < -0.39 is 6.04 Å². The smallest absolute Gasteiger partial charge is 0.256 e. The maximum absolute atomic E-state index is 12.7. The van der Waals surface area contributed by atoms with Crippen molar-refractivity contribution >= 4 is 46.6 Å². The molecular formula is C18H17ClN2O3S. The van der Waals surface area contributed by atoms with Crippen molar-refractivity contribution in [3.8, 4) is 5.75 Å². The minimum atomic E-state index is -0.592. The van der Waals surface area contributed by atoms with E-state index in [1.54, 1.807) is 30.0 Å². The number of carbonyl (C=O) groups is 2. The van der Waals surface area contributed by atoms with Gasteiger partial charge in [0, 0.05) is 10.6 Å². The average Bonchev–Trinajstić information content (AvgIpc) is 2.88. The third kappa shape index (κ3) is 3.60. The molecule has 1 atom stereocenters. The van der Waals surface area contributed by atoms with Crippen LogP contribution in [0.1, 0.15) is 6.42 Å². The van der Waals surface area contributed by atoms with Gasteiger partial charge in [0.15, 0.2) is 0 Å². The highest BCUT2D eigenvalue weighted by molar-refractivity contribution is 7.98. The van der Waals surface area contributed by atoms with Crippen LogP contribution in [0.4, 0.5) is 11.4 Å². The SMILES string of the molecule is COc1ccc(N2C(=O)C[C@H](Nc3cccc(SC)c3)C2=O)cc1Cl. The molecule has 130 valence electrons. The molecule has 0 bridgehead atoms. The van der Waals surface area contributed by atoms with Crippen LogP contribution in [-0.4, -0.2) is 31.2 Å². The lowest BCUT2D eigenvalue weighted by Crippen LogP contribution is -2.34. The highest BCUT2D eigenvalue weighted by Crippen LogP contribution is 2.32. The topological polar surface area (TPSA) is 58.6 Å². The predicted molar refractivity (Wildman–Crippen MR) is 101 cm³/mol. The van der Waals surface area contributed by atoms with E-state index in [1.807, 2.05) is 30.5 Å². The Bertz CT molecular complexity index is 828. The Morgan fingerprint density at radius 3 is 2.72 bits per heavy atom. The fraction of sp³-hybridized carbons (Fsp3) is 0.222. The molecular weight excluding hydrogens is 360 g/mol. The highest BCUT2D eigenvalue weighted by atomic mass is 35.5. The Morgan fingerprint density at radius 2 is 2.04 bits per heavy atom. The van der Waals surface area contributed by atoms with Crippen molar-refractivity contribution in [1.82, 2.24) is 0 Å². The Hall–Kier alpha value is -2.18. The van der Waals surface area contributed by atoms with Gasteiger partial charge in [-0.2, -0.15) is 0 Å². The molecule has 1 heterocycles. The number of methoxy groups -OCH3 is 1. The number of halogens is 1. The van der Waals surface area contributed by atoms with E-state index in [1.165, 1.54) is 12.0 Å². The number of amides is 2. The number of carbonyl (C=O) groups excluding carboxylic acids is 2. The predicted octanol–water partition coefficient (Wildman–Crippen LogP) is 3.81. The lowest BCUT2D eigenvalue weighted by atomic mass is 10.2. The van der Waals surface area contributed by atoms with Crippen LogP contribution < -0.4 is 15.0 Å². The Balaban J connectivity index is 1.81. The largest absolute Gasteiger partial charge is 0.495 e. The van der Waals surface area contributed by atoms with Gasteiger partial charge in [-0.25, -0.2) is 4.90 Å². The number of anilines is 2. The van der Waals surface area contributed by atoms with E-state index in [2.05, 4.69) is 5.32 Å². The summed E-state index contributed by atoms with van der Waals surface area (Å²) in [6, 6.07) is 12.0. The van der Waals surface area contributed by atoms with Crippen LogP contribution in [0, 0.1) is 0 Å². The Kier molecular flexibility index (Phi) is 5.20. The summed E-state index contributed by atoms with van der Waals surface area (Å²) < 4.78 is 5.10. The number of hydrogen-bond acceptors (Lipinski definition) is 5. The van der Waals surface area contributed by atoms with Gasteiger partial charge in [0.05, 0.1) is 24.2 Å². The molecule has 1 fully saturated rings. The van der Waals surface area contributed by atoms with Crippen LogP contribution in [0.25, 0.3) is 0 Å². The summed E-state index contributed by atoms with van der Waals surface area (Å²) in [5.41, 5.74) is 1.26. The number of hydrogen-bond donors (Lipinski definition) is 1. The lowest BCUT2D eigenvalue weighted by Gasteiger charge is -2.17. The molecule has 25 heavy (non-hydrogen) atoms. The lowest BCUT2D eigenvalue weighted by molar-refractivity contribution is -0.121. The van der Waals surface area contributed by atoms with Crippen molar-refractivity contribution in [1.29, 1.82) is 0 Å². The first kappa shape index (κ1) is 17.6. The molecule has 2 aromatic rings. The molecule has 2 aromatic carbocycles. The van der Waals surface area contributed by atoms with E-state index in [-0.39, 0.29) is 18.2 Å². The molecule has 0 spiro atoms. The maximum Gasteiger partial charge on any atom is 0.256 e.